The Kier molecular flexibility index (Phi) is 5.66. The van der Waals surface area contributed by atoms with Gasteiger partial charge in [0, 0.05) is 6.20 Å². The Hall–Kier alpha value is -3.63. The van der Waals surface area contributed by atoms with Gasteiger partial charge in [-0.15, -0.1) is 0 Å². The maximum atomic E-state index is 13.0. The van der Waals surface area contributed by atoms with E-state index in [1.165, 1.54) is 13.1 Å². The topological polar surface area (TPSA) is 108 Å². The van der Waals surface area contributed by atoms with Gasteiger partial charge in [0.1, 0.15) is 12.2 Å². The van der Waals surface area contributed by atoms with Crippen LogP contribution in [0.4, 0.5) is 20.2 Å². The number of alkyl halides is 2. The summed E-state index contributed by atoms with van der Waals surface area (Å²) in [5.74, 6) is -0.568. The van der Waals surface area contributed by atoms with E-state index in [-0.39, 0.29) is 5.69 Å². The number of benzene rings is 1. The van der Waals surface area contributed by atoms with Gasteiger partial charge < -0.3 is 5.32 Å². The first kappa shape index (κ1) is 20.1. The van der Waals surface area contributed by atoms with E-state index < -0.39 is 35.2 Å². The first-order valence-electron chi connectivity index (χ1n) is 8.62. The first-order valence-corrected chi connectivity index (χ1v) is 8.62. The summed E-state index contributed by atoms with van der Waals surface area (Å²) in [6.07, 6.45) is -0.0334. The maximum Gasteiger partial charge on any atom is 0.319 e. The molecule has 29 heavy (non-hydrogen) atoms. The predicted molar refractivity (Wildman–Crippen MR) is 99.7 cm³/mol. The molecule has 152 valence electrons. The number of nitrogens with one attached hydrogen (secondary N) is 1. The molecule has 1 N–H and O–H groups in total. The van der Waals surface area contributed by atoms with E-state index in [1.54, 1.807) is 10.9 Å². The lowest BCUT2D eigenvalue weighted by atomic mass is 10.1. The quantitative estimate of drug-likeness (QED) is 0.480. The van der Waals surface area contributed by atoms with Crippen LogP contribution in [-0.2, 0) is 17.9 Å². The van der Waals surface area contributed by atoms with Gasteiger partial charge in [-0.2, -0.15) is 10.2 Å². The minimum absolute atomic E-state index is 0.115. The molecule has 0 unspecified atom stereocenters. The van der Waals surface area contributed by atoms with Crippen LogP contribution in [0.15, 0.2) is 36.7 Å². The Balaban J connectivity index is 1.67. The highest BCUT2D eigenvalue weighted by molar-refractivity contribution is 5.90. The normalized spacial score (nSPS) is 11.1. The van der Waals surface area contributed by atoms with Gasteiger partial charge in [-0.05, 0) is 19.4 Å². The number of amides is 1. The predicted octanol–water partition coefficient (Wildman–Crippen LogP) is 3.23. The van der Waals surface area contributed by atoms with Gasteiger partial charge in [-0.1, -0.05) is 29.8 Å². The molecule has 0 radical (unpaired) electrons. The molecule has 1 amide bonds. The molecule has 11 heteroatoms. The molecule has 0 aliphatic rings. The van der Waals surface area contributed by atoms with Crippen molar-refractivity contribution in [3.8, 4) is 0 Å². The number of anilines is 1. The van der Waals surface area contributed by atoms with Crippen molar-refractivity contribution in [2.75, 3.05) is 5.32 Å². The zero-order valence-corrected chi connectivity index (χ0v) is 15.7. The van der Waals surface area contributed by atoms with Crippen LogP contribution in [0, 0.1) is 24.0 Å². The zero-order chi connectivity index (χ0) is 21.1. The second-order valence-corrected chi connectivity index (χ2v) is 6.50. The summed E-state index contributed by atoms with van der Waals surface area (Å²) >= 11 is 0. The van der Waals surface area contributed by atoms with Crippen molar-refractivity contribution in [1.82, 2.24) is 19.6 Å². The highest BCUT2D eigenvalue weighted by Gasteiger charge is 2.31. The summed E-state index contributed by atoms with van der Waals surface area (Å²) in [5.41, 5.74) is 0.748. The SMILES string of the molecule is Cc1ccc(Cn2cc(NC(=O)Cn3nc(C(F)F)c([N+](=O)[O-])c3C)cn2)cc1. The van der Waals surface area contributed by atoms with Gasteiger partial charge in [-0.25, -0.2) is 8.78 Å². The molecule has 0 aliphatic carbocycles. The molecule has 0 aliphatic heterocycles. The van der Waals surface area contributed by atoms with Crippen LogP contribution in [0.3, 0.4) is 0 Å². The molecular weight excluding hydrogens is 386 g/mol. The van der Waals surface area contributed by atoms with E-state index in [1.807, 2.05) is 31.2 Å². The Morgan fingerprint density at radius 1 is 1.28 bits per heavy atom. The van der Waals surface area contributed by atoms with Gasteiger partial charge in [0.2, 0.25) is 11.6 Å². The Morgan fingerprint density at radius 3 is 2.55 bits per heavy atom. The van der Waals surface area contributed by atoms with Crippen molar-refractivity contribution < 1.29 is 18.5 Å². The summed E-state index contributed by atoms with van der Waals surface area (Å²) in [4.78, 5) is 22.3. The molecular formula is C18H18F2N6O3. The number of hydrogen-bond acceptors (Lipinski definition) is 5. The third-order valence-electron chi connectivity index (χ3n) is 4.27. The van der Waals surface area contributed by atoms with Gasteiger partial charge in [0.25, 0.3) is 6.43 Å². The van der Waals surface area contributed by atoms with Crippen LogP contribution < -0.4 is 5.32 Å². The number of rotatable bonds is 7. The molecule has 0 saturated heterocycles. The van der Waals surface area contributed by atoms with E-state index in [2.05, 4.69) is 15.5 Å². The monoisotopic (exact) mass is 404 g/mol. The Bertz CT molecular complexity index is 1040. The lowest BCUT2D eigenvalue weighted by Gasteiger charge is -2.04. The number of halogens is 2. The van der Waals surface area contributed by atoms with Crippen LogP contribution in [0.1, 0.15) is 28.9 Å². The lowest BCUT2D eigenvalue weighted by molar-refractivity contribution is -0.386. The summed E-state index contributed by atoms with van der Waals surface area (Å²) in [5, 5.41) is 21.3. The highest BCUT2D eigenvalue weighted by atomic mass is 19.3. The average Bonchev–Trinajstić information content (AvgIpc) is 3.21. The van der Waals surface area contributed by atoms with Crippen LogP contribution in [0.5, 0.6) is 0 Å². The number of aryl methyl sites for hydroxylation is 1. The van der Waals surface area contributed by atoms with Gasteiger partial charge >= 0.3 is 5.69 Å². The molecule has 2 aromatic heterocycles. The zero-order valence-electron chi connectivity index (χ0n) is 15.7. The van der Waals surface area contributed by atoms with Crippen molar-refractivity contribution >= 4 is 17.3 Å². The van der Waals surface area contributed by atoms with Gasteiger partial charge in [0.05, 0.1) is 23.4 Å². The van der Waals surface area contributed by atoms with Crippen molar-refractivity contribution in [2.24, 2.45) is 0 Å². The van der Waals surface area contributed by atoms with Crippen LogP contribution in [0.25, 0.3) is 0 Å². The van der Waals surface area contributed by atoms with Crippen molar-refractivity contribution in [3.05, 3.63) is 69.3 Å². The minimum atomic E-state index is -3.11. The highest BCUT2D eigenvalue weighted by Crippen LogP contribution is 2.30. The fourth-order valence-corrected chi connectivity index (χ4v) is 2.82. The molecule has 1 aromatic carbocycles. The molecule has 0 fully saturated rings. The third-order valence-corrected chi connectivity index (χ3v) is 4.27. The smallest absolute Gasteiger partial charge is 0.319 e. The molecule has 9 nitrogen and oxygen atoms in total. The second-order valence-electron chi connectivity index (χ2n) is 6.50. The third kappa shape index (κ3) is 4.62. The van der Waals surface area contributed by atoms with E-state index in [0.717, 1.165) is 15.8 Å². The molecule has 0 atom stereocenters. The van der Waals surface area contributed by atoms with Gasteiger partial charge in [-0.3, -0.25) is 24.3 Å². The summed E-state index contributed by atoms with van der Waals surface area (Å²) in [6, 6.07) is 7.92. The standard InChI is InChI=1S/C18H18F2N6O3/c1-11-3-5-13(6-4-11)8-24-9-14(7-21-24)22-15(27)10-25-12(2)17(26(28)29)16(23-25)18(19)20/h3-7,9,18H,8,10H2,1-2H3,(H,22,27). The minimum Gasteiger partial charge on any atom is -0.322 e. The lowest BCUT2D eigenvalue weighted by Crippen LogP contribution is -2.20. The Morgan fingerprint density at radius 2 is 1.97 bits per heavy atom. The number of nitro groups is 1. The largest absolute Gasteiger partial charge is 0.322 e. The van der Waals surface area contributed by atoms with Crippen LogP contribution in [-0.4, -0.2) is 30.4 Å². The maximum absolute atomic E-state index is 13.0. The van der Waals surface area contributed by atoms with Crippen molar-refractivity contribution in [2.45, 2.75) is 33.4 Å². The van der Waals surface area contributed by atoms with Gasteiger partial charge in [0.15, 0.2) is 0 Å². The fourth-order valence-electron chi connectivity index (χ4n) is 2.82. The number of carbonyl (C=O) groups excluding carboxylic acids is 1. The first-order chi connectivity index (χ1) is 13.7. The molecule has 0 saturated carbocycles. The molecule has 2 heterocycles. The number of nitrogens with zero attached hydrogens (tertiary/aromatic N) is 5. The summed E-state index contributed by atoms with van der Waals surface area (Å²) < 4.78 is 28.5. The van der Waals surface area contributed by atoms with E-state index in [9.17, 15) is 23.7 Å². The second kappa shape index (κ2) is 8.17. The van der Waals surface area contributed by atoms with Crippen molar-refractivity contribution in [1.29, 1.82) is 0 Å². The number of carbonyl (C=O) groups is 1. The van der Waals surface area contributed by atoms with E-state index in [4.69, 9.17) is 0 Å². The molecule has 3 rings (SSSR count). The van der Waals surface area contributed by atoms with Crippen LogP contribution in [0.2, 0.25) is 0 Å². The van der Waals surface area contributed by atoms with E-state index >= 15 is 0 Å². The Labute approximate surface area is 164 Å². The number of hydrogen-bond donors (Lipinski definition) is 1. The molecule has 0 bridgehead atoms. The van der Waals surface area contributed by atoms with E-state index in [0.29, 0.717) is 12.2 Å². The van der Waals surface area contributed by atoms with Crippen LogP contribution >= 0.6 is 0 Å². The molecule has 3 aromatic rings. The number of aromatic nitrogens is 4. The summed E-state index contributed by atoms with van der Waals surface area (Å²) in [6.45, 7) is 3.33. The fraction of sp³-hybridized carbons (Fsp3) is 0.278. The summed E-state index contributed by atoms with van der Waals surface area (Å²) in [7, 11) is 0. The van der Waals surface area contributed by atoms with Crippen molar-refractivity contribution in [3.63, 3.8) is 0 Å². The molecule has 0 spiro atoms. The average molecular weight is 404 g/mol.